The van der Waals surface area contributed by atoms with Crippen molar-refractivity contribution in [3.8, 4) is 0 Å². The van der Waals surface area contributed by atoms with Gasteiger partial charge in [-0.2, -0.15) is 19.8 Å². The smallest absolute Gasteiger partial charge is 0 e. The third-order valence-electron chi connectivity index (χ3n) is 1.15. The van der Waals surface area contributed by atoms with Gasteiger partial charge in [0.15, 0.2) is 0 Å². The molecule has 0 aromatic heterocycles. The zero-order valence-corrected chi connectivity index (χ0v) is 14.4. The topological polar surface area (TPSA) is 0 Å². The average Bonchev–Trinajstić information content (AvgIpc) is 1.93. The summed E-state index contributed by atoms with van der Waals surface area (Å²) in [6.45, 7) is 17.0. The van der Waals surface area contributed by atoms with Crippen molar-refractivity contribution in [1.82, 2.24) is 0 Å². The fourth-order valence-corrected chi connectivity index (χ4v) is 0. The molecule has 0 aliphatic heterocycles. The van der Waals surface area contributed by atoms with Gasteiger partial charge in [-0.05, 0) is 0 Å². The molecule has 0 aliphatic rings. The molecular weight excluding hydrogens is 370 g/mol. The maximum Gasteiger partial charge on any atom is 0 e. The molecule has 0 fully saturated rings. The van der Waals surface area contributed by atoms with Crippen LogP contribution in [-0.4, -0.2) is 0 Å². The van der Waals surface area contributed by atoms with Crippen LogP contribution in [0.3, 0.4) is 0 Å². The number of hydrogen-bond donors (Lipinski definition) is 0. The van der Waals surface area contributed by atoms with E-state index < -0.39 is 0 Å². The number of rotatable bonds is 1. The second-order valence-electron chi connectivity index (χ2n) is 2.94. The molecule has 0 bridgehead atoms. The second-order valence-corrected chi connectivity index (χ2v) is 2.94. The molecule has 12 heavy (non-hydrogen) atoms. The summed E-state index contributed by atoms with van der Waals surface area (Å²) in [6, 6.07) is 0. The van der Waals surface area contributed by atoms with E-state index in [0.29, 0.717) is 0 Å². The van der Waals surface area contributed by atoms with Crippen molar-refractivity contribution < 1.29 is 31.1 Å². The minimum atomic E-state index is 0. The van der Waals surface area contributed by atoms with E-state index in [9.17, 15) is 0 Å². The zero-order valence-electron chi connectivity index (χ0n) is 10.3. The fourth-order valence-electron chi connectivity index (χ4n) is 0. The van der Waals surface area contributed by atoms with Crippen LogP contribution >= 0.6 is 0 Å². The molecule has 0 unspecified atom stereocenters. The van der Waals surface area contributed by atoms with E-state index in [2.05, 4.69) is 41.5 Å². The summed E-state index contributed by atoms with van der Waals surface area (Å²) < 4.78 is 0. The van der Waals surface area contributed by atoms with Crippen LogP contribution in [-0.2, 0) is 0 Å². The molecule has 76 valence electrons. The quantitative estimate of drug-likeness (QED) is 0.563. The summed E-state index contributed by atoms with van der Waals surface area (Å²) in [4.78, 5) is 0. The molecule has 0 saturated carbocycles. The van der Waals surface area contributed by atoms with Crippen molar-refractivity contribution in [3.63, 3.8) is 0 Å². The average molecular weight is 397 g/mol. The van der Waals surface area contributed by atoms with Gasteiger partial charge in [0, 0.05) is 31.1 Å². The predicted molar refractivity (Wildman–Crippen MR) is 56.7 cm³/mol. The molecule has 0 heterocycles. The van der Waals surface area contributed by atoms with Crippen LogP contribution in [0.2, 0.25) is 0 Å². The molecule has 0 aromatic carbocycles. The van der Waals surface area contributed by atoms with Gasteiger partial charge in [-0.25, -0.2) is 0 Å². The molecule has 0 rings (SSSR count). The van der Waals surface area contributed by atoms with Crippen molar-refractivity contribution >= 4 is 0 Å². The molecule has 0 N–H and O–H groups in total. The van der Waals surface area contributed by atoms with Gasteiger partial charge in [0.05, 0.1) is 0 Å². The van der Waals surface area contributed by atoms with Crippen LogP contribution in [0.15, 0.2) is 0 Å². The molecule has 0 atom stereocenters. The Bertz CT molecular complexity index is 34.3. The van der Waals surface area contributed by atoms with Gasteiger partial charge in [0.1, 0.15) is 0 Å². The molecule has 0 saturated heterocycles. The van der Waals surface area contributed by atoms with E-state index in [4.69, 9.17) is 0 Å². The Morgan fingerprint density at radius 2 is 1.08 bits per heavy atom. The molecular formula is C11H27U-. The summed E-state index contributed by atoms with van der Waals surface area (Å²) in [6.07, 6.45) is 1.25. The van der Waals surface area contributed by atoms with Gasteiger partial charge >= 0.3 is 0 Å². The first-order valence-electron chi connectivity index (χ1n) is 4.86. The molecule has 0 aliphatic carbocycles. The molecule has 0 radical (unpaired) electrons. The minimum absolute atomic E-state index is 0. The first kappa shape index (κ1) is 23.1. The Balaban J connectivity index is -0.0000000462. The Hall–Kier alpha value is 1.05. The van der Waals surface area contributed by atoms with Crippen LogP contribution in [0.4, 0.5) is 0 Å². The maximum atomic E-state index is 2.20. The van der Waals surface area contributed by atoms with Crippen molar-refractivity contribution in [2.24, 2.45) is 5.92 Å². The third kappa shape index (κ3) is 43.8. The van der Waals surface area contributed by atoms with Gasteiger partial charge in [-0.1, -0.05) is 48.0 Å². The first-order chi connectivity index (χ1) is 5.06. The van der Waals surface area contributed by atoms with Crippen LogP contribution < -0.4 is 0 Å². The second kappa shape index (κ2) is 22.7. The molecule has 1 heteroatoms. The van der Waals surface area contributed by atoms with E-state index in [0.717, 1.165) is 5.92 Å². The Morgan fingerprint density at radius 3 is 1.08 bits per heavy atom. The van der Waals surface area contributed by atoms with Gasteiger partial charge in [0.25, 0.3) is 0 Å². The molecule has 0 amide bonds. The van der Waals surface area contributed by atoms with Crippen molar-refractivity contribution in [2.45, 2.75) is 61.8 Å². The molecule has 0 aromatic rings. The van der Waals surface area contributed by atoms with Crippen molar-refractivity contribution in [1.29, 1.82) is 0 Å². The van der Waals surface area contributed by atoms with E-state index in [1.165, 1.54) is 12.3 Å². The summed E-state index contributed by atoms with van der Waals surface area (Å²) in [7, 11) is 0. The van der Waals surface area contributed by atoms with Crippen molar-refractivity contribution in [3.05, 3.63) is 5.92 Å². The fraction of sp³-hybridized carbons (Fsp3) is 0.909. The molecule has 0 spiro atoms. The summed E-state index contributed by atoms with van der Waals surface area (Å²) in [5, 5.41) is 0. The number of hydrogen-bond acceptors (Lipinski definition) is 0. The third-order valence-corrected chi connectivity index (χ3v) is 1.15. The summed E-state index contributed by atoms with van der Waals surface area (Å²) in [5.74, 6) is 2.28. The SMILES string of the molecule is CC.CCC.C[C-](C)C(C)C.[U]. The van der Waals surface area contributed by atoms with E-state index in [-0.39, 0.29) is 31.1 Å². The van der Waals surface area contributed by atoms with Crippen LogP contribution in [0.5, 0.6) is 0 Å². The predicted octanol–water partition coefficient (Wildman–Crippen LogP) is 4.70. The summed E-state index contributed by atoms with van der Waals surface area (Å²) >= 11 is 0. The van der Waals surface area contributed by atoms with E-state index >= 15 is 0 Å². The Kier molecular flexibility index (Phi) is 43.8. The standard InChI is InChI=1S/C6H13.C3H8.C2H6.U/c1-5(2)6(3)4;1-3-2;1-2;/h5H,1-4H3;3H2,1-2H3;1-2H3;/q-1;;;. The van der Waals surface area contributed by atoms with E-state index in [1.54, 1.807) is 0 Å². The summed E-state index contributed by atoms with van der Waals surface area (Å²) in [5.41, 5.74) is 0. The van der Waals surface area contributed by atoms with Crippen molar-refractivity contribution in [2.75, 3.05) is 0 Å². The van der Waals surface area contributed by atoms with Gasteiger partial charge in [-0.3, -0.25) is 0 Å². The normalized spacial score (nSPS) is 7.50. The first-order valence-corrected chi connectivity index (χ1v) is 4.86. The van der Waals surface area contributed by atoms with Gasteiger partial charge < -0.3 is 5.92 Å². The maximum absolute atomic E-state index is 2.20. The van der Waals surface area contributed by atoms with Gasteiger partial charge in [-0.15, -0.1) is 0 Å². The van der Waals surface area contributed by atoms with E-state index in [1.807, 2.05) is 13.8 Å². The Labute approximate surface area is 104 Å². The van der Waals surface area contributed by atoms with Gasteiger partial charge in [0.2, 0.25) is 0 Å². The van der Waals surface area contributed by atoms with Crippen LogP contribution in [0.1, 0.15) is 61.8 Å². The van der Waals surface area contributed by atoms with Crippen LogP contribution in [0.25, 0.3) is 0 Å². The largest absolute Gasteiger partial charge is 0.317 e. The Morgan fingerprint density at radius 1 is 1.00 bits per heavy atom. The van der Waals surface area contributed by atoms with Crippen LogP contribution in [0, 0.1) is 42.9 Å². The minimum Gasteiger partial charge on any atom is -0.317 e. The zero-order chi connectivity index (χ0) is 9.86. The molecule has 0 nitrogen and oxygen atoms in total. The monoisotopic (exact) mass is 397 g/mol.